The number of amides is 1. The van der Waals surface area contributed by atoms with E-state index in [0.717, 1.165) is 57.9 Å². The summed E-state index contributed by atoms with van der Waals surface area (Å²) in [5.41, 5.74) is 3.04. The Kier molecular flexibility index (Phi) is 6.85. The molecule has 2 aromatic rings. The second kappa shape index (κ2) is 9.53. The third kappa shape index (κ3) is 4.80. The van der Waals surface area contributed by atoms with Crippen LogP contribution in [0.25, 0.3) is 0 Å². The van der Waals surface area contributed by atoms with Gasteiger partial charge in [-0.15, -0.1) is 0 Å². The van der Waals surface area contributed by atoms with Gasteiger partial charge in [0.05, 0.1) is 0 Å². The average Bonchev–Trinajstić information content (AvgIpc) is 2.73. The number of carbonyl (C=O) groups excluding carboxylic acids is 1. The molecule has 0 saturated carbocycles. The number of nitrogens with zero attached hydrogens (tertiary/aromatic N) is 5. The van der Waals surface area contributed by atoms with Crippen molar-refractivity contribution in [3.8, 4) is 0 Å². The molecule has 1 fully saturated rings. The topological polar surface area (TPSA) is 52.6 Å². The van der Waals surface area contributed by atoms with Crippen LogP contribution in [0.1, 0.15) is 42.7 Å². The molecule has 0 aliphatic carbocycles. The Hall–Kier alpha value is -2.63. The third-order valence-corrected chi connectivity index (χ3v) is 5.12. The van der Waals surface area contributed by atoms with E-state index >= 15 is 0 Å². The lowest BCUT2D eigenvalue weighted by atomic mass is 10.2. The molecule has 150 valence electrons. The molecule has 2 heterocycles. The number of aryl methyl sites for hydroxylation is 1. The van der Waals surface area contributed by atoms with E-state index in [2.05, 4.69) is 64.8 Å². The lowest BCUT2D eigenvalue weighted by Crippen LogP contribution is -2.47. The molecule has 0 bridgehead atoms. The van der Waals surface area contributed by atoms with Crippen molar-refractivity contribution >= 4 is 17.4 Å². The fourth-order valence-electron chi connectivity index (χ4n) is 3.67. The van der Waals surface area contributed by atoms with Crippen molar-refractivity contribution in [2.24, 2.45) is 0 Å². The van der Waals surface area contributed by atoms with Crippen LogP contribution in [0.3, 0.4) is 0 Å². The van der Waals surface area contributed by atoms with E-state index in [1.807, 2.05) is 11.0 Å². The van der Waals surface area contributed by atoms with Gasteiger partial charge in [0.25, 0.3) is 5.91 Å². The first-order valence-electron chi connectivity index (χ1n) is 10.3. The van der Waals surface area contributed by atoms with Gasteiger partial charge in [0.2, 0.25) is 0 Å². The molecule has 1 aromatic carbocycles. The van der Waals surface area contributed by atoms with Crippen molar-refractivity contribution in [2.45, 2.75) is 33.6 Å². The molecule has 0 N–H and O–H groups in total. The summed E-state index contributed by atoms with van der Waals surface area (Å²) >= 11 is 0. The first-order valence-corrected chi connectivity index (χ1v) is 10.3. The monoisotopic (exact) mass is 381 g/mol. The molecule has 1 saturated heterocycles. The van der Waals surface area contributed by atoms with Gasteiger partial charge in [-0.2, -0.15) is 0 Å². The summed E-state index contributed by atoms with van der Waals surface area (Å²) < 4.78 is 0. The van der Waals surface area contributed by atoms with Crippen LogP contribution in [-0.2, 0) is 0 Å². The summed E-state index contributed by atoms with van der Waals surface area (Å²) in [5, 5.41) is 0. The lowest BCUT2D eigenvalue weighted by molar-refractivity contribution is 0.0749. The zero-order valence-electron chi connectivity index (χ0n) is 17.3. The van der Waals surface area contributed by atoms with Gasteiger partial charge in [0.15, 0.2) is 0 Å². The second-order valence-electron chi connectivity index (χ2n) is 7.37. The summed E-state index contributed by atoms with van der Waals surface area (Å²) in [6.07, 6.45) is 3.42. The van der Waals surface area contributed by atoms with Crippen LogP contribution in [0.2, 0.25) is 0 Å². The fourth-order valence-corrected chi connectivity index (χ4v) is 3.67. The zero-order valence-corrected chi connectivity index (χ0v) is 17.3. The molecule has 28 heavy (non-hydrogen) atoms. The number of carbonyl (C=O) groups is 1. The van der Waals surface area contributed by atoms with Crippen molar-refractivity contribution < 1.29 is 4.79 Å². The normalized spacial score (nSPS) is 14.2. The van der Waals surface area contributed by atoms with Crippen LogP contribution < -0.4 is 9.80 Å². The van der Waals surface area contributed by atoms with E-state index in [4.69, 9.17) is 0 Å². The number of benzene rings is 1. The molecular formula is C22H31N5O. The van der Waals surface area contributed by atoms with Gasteiger partial charge in [-0.05, 0) is 37.5 Å². The van der Waals surface area contributed by atoms with Crippen LogP contribution in [0, 0.1) is 6.92 Å². The SMILES string of the molecule is CCCN(CCC)C(=O)c1cc(N2CCN(c3cccc(C)c3)CC2)ncn1. The highest BCUT2D eigenvalue weighted by Gasteiger charge is 2.21. The number of rotatable bonds is 7. The predicted octanol–water partition coefficient (Wildman–Crippen LogP) is 3.37. The van der Waals surface area contributed by atoms with E-state index in [0.29, 0.717) is 5.69 Å². The van der Waals surface area contributed by atoms with Gasteiger partial charge in [0, 0.05) is 51.0 Å². The summed E-state index contributed by atoms with van der Waals surface area (Å²) in [4.78, 5) is 28.1. The Morgan fingerprint density at radius 2 is 1.68 bits per heavy atom. The molecule has 0 radical (unpaired) electrons. The highest BCUT2D eigenvalue weighted by molar-refractivity contribution is 5.93. The molecule has 1 aliphatic heterocycles. The molecule has 6 heteroatoms. The molecule has 0 unspecified atom stereocenters. The Balaban J connectivity index is 1.67. The number of aromatic nitrogens is 2. The Morgan fingerprint density at radius 3 is 2.32 bits per heavy atom. The zero-order chi connectivity index (χ0) is 19.9. The van der Waals surface area contributed by atoms with Crippen LogP contribution in [0.15, 0.2) is 36.7 Å². The maximum absolute atomic E-state index is 12.8. The summed E-state index contributed by atoms with van der Waals surface area (Å²) in [5.74, 6) is 0.848. The van der Waals surface area contributed by atoms with Gasteiger partial charge in [-0.25, -0.2) is 9.97 Å². The molecule has 1 amide bonds. The smallest absolute Gasteiger partial charge is 0.272 e. The summed E-state index contributed by atoms with van der Waals surface area (Å²) in [6.45, 7) is 11.5. The van der Waals surface area contributed by atoms with Gasteiger partial charge < -0.3 is 14.7 Å². The van der Waals surface area contributed by atoms with E-state index in [1.165, 1.54) is 17.6 Å². The van der Waals surface area contributed by atoms with E-state index < -0.39 is 0 Å². The van der Waals surface area contributed by atoms with Crippen LogP contribution in [0.4, 0.5) is 11.5 Å². The van der Waals surface area contributed by atoms with Gasteiger partial charge >= 0.3 is 0 Å². The summed E-state index contributed by atoms with van der Waals surface area (Å²) in [7, 11) is 0. The number of anilines is 2. The van der Waals surface area contributed by atoms with E-state index in [-0.39, 0.29) is 5.91 Å². The minimum absolute atomic E-state index is 0.00532. The van der Waals surface area contributed by atoms with Crippen LogP contribution >= 0.6 is 0 Å². The van der Waals surface area contributed by atoms with Crippen molar-refractivity contribution in [3.05, 3.63) is 47.9 Å². The molecule has 1 aromatic heterocycles. The van der Waals surface area contributed by atoms with Crippen molar-refractivity contribution in [1.82, 2.24) is 14.9 Å². The largest absolute Gasteiger partial charge is 0.368 e. The quantitative estimate of drug-likeness (QED) is 0.736. The highest BCUT2D eigenvalue weighted by Crippen LogP contribution is 2.20. The van der Waals surface area contributed by atoms with Crippen molar-refractivity contribution in [3.63, 3.8) is 0 Å². The molecule has 3 rings (SSSR count). The predicted molar refractivity (Wildman–Crippen MR) is 114 cm³/mol. The molecule has 6 nitrogen and oxygen atoms in total. The molecule has 1 aliphatic rings. The lowest BCUT2D eigenvalue weighted by Gasteiger charge is -2.37. The average molecular weight is 382 g/mol. The third-order valence-electron chi connectivity index (χ3n) is 5.12. The van der Waals surface area contributed by atoms with Gasteiger partial charge in [-0.3, -0.25) is 4.79 Å². The first-order chi connectivity index (χ1) is 13.6. The fraction of sp³-hybridized carbons (Fsp3) is 0.500. The summed E-state index contributed by atoms with van der Waals surface area (Å²) in [6, 6.07) is 10.5. The maximum atomic E-state index is 12.8. The number of piperazine rings is 1. The van der Waals surface area contributed by atoms with Crippen molar-refractivity contribution in [2.75, 3.05) is 49.1 Å². The molecular weight excluding hydrogens is 350 g/mol. The Morgan fingerprint density at radius 1 is 1.00 bits per heavy atom. The molecule has 0 atom stereocenters. The second-order valence-corrected chi connectivity index (χ2v) is 7.37. The Labute approximate surface area is 168 Å². The van der Waals surface area contributed by atoms with E-state index in [1.54, 1.807) is 0 Å². The maximum Gasteiger partial charge on any atom is 0.272 e. The van der Waals surface area contributed by atoms with Crippen LogP contribution in [-0.4, -0.2) is 60.0 Å². The minimum atomic E-state index is 0.00532. The van der Waals surface area contributed by atoms with Gasteiger partial charge in [-0.1, -0.05) is 26.0 Å². The van der Waals surface area contributed by atoms with Crippen LogP contribution in [0.5, 0.6) is 0 Å². The Bertz CT molecular complexity index is 780. The minimum Gasteiger partial charge on any atom is -0.368 e. The number of hydrogen-bond donors (Lipinski definition) is 0. The van der Waals surface area contributed by atoms with Gasteiger partial charge in [0.1, 0.15) is 17.8 Å². The highest BCUT2D eigenvalue weighted by atomic mass is 16.2. The molecule has 0 spiro atoms. The standard InChI is InChI=1S/C22H31N5O/c1-4-9-27(10-5-2)22(28)20-16-21(24-17-23-20)26-13-11-25(12-14-26)19-8-6-7-18(3)15-19/h6-8,15-17H,4-5,9-14H2,1-3H3. The van der Waals surface area contributed by atoms with Crippen molar-refractivity contribution in [1.29, 1.82) is 0 Å². The number of hydrogen-bond acceptors (Lipinski definition) is 5. The first kappa shape index (κ1) is 20.1. The van der Waals surface area contributed by atoms with E-state index in [9.17, 15) is 4.79 Å².